The smallest absolute Gasteiger partial charge is 0.253 e. The van der Waals surface area contributed by atoms with E-state index in [-0.39, 0.29) is 12.0 Å². The fourth-order valence-corrected chi connectivity index (χ4v) is 2.75. The van der Waals surface area contributed by atoms with E-state index in [2.05, 4.69) is 12.2 Å². The molecule has 0 aromatic heterocycles. The second-order valence-electron chi connectivity index (χ2n) is 5.71. The number of hydrogen-bond donors (Lipinski definition) is 1. The number of benzene rings is 1. The van der Waals surface area contributed by atoms with E-state index in [0.717, 1.165) is 49.2 Å². The van der Waals surface area contributed by atoms with Crippen molar-refractivity contribution < 1.29 is 9.53 Å². The molecular formula is C17H26N2O2. The van der Waals surface area contributed by atoms with Crippen molar-refractivity contribution >= 4 is 11.6 Å². The molecular weight excluding hydrogens is 264 g/mol. The van der Waals surface area contributed by atoms with Crippen LogP contribution >= 0.6 is 0 Å². The number of likely N-dealkylation sites (tertiary alicyclic amines) is 1. The summed E-state index contributed by atoms with van der Waals surface area (Å²) in [7, 11) is 1.72. The Morgan fingerprint density at radius 1 is 1.48 bits per heavy atom. The van der Waals surface area contributed by atoms with E-state index in [1.54, 1.807) is 7.11 Å². The van der Waals surface area contributed by atoms with Crippen molar-refractivity contribution in [2.24, 2.45) is 0 Å². The van der Waals surface area contributed by atoms with Crippen LogP contribution in [0.5, 0.6) is 0 Å². The molecule has 1 aromatic rings. The quantitative estimate of drug-likeness (QED) is 0.906. The lowest BCUT2D eigenvalue weighted by Crippen LogP contribution is -2.42. The Morgan fingerprint density at radius 3 is 2.95 bits per heavy atom. The summed E-state index contributed by atoms with van der Waals surface area (Å²) in [5.74, 6) is 0.113. The fourth-order valence-electron chi connectivity index (χ4n) is 2.75. The Labute approximate surface area is 127 Å². The summed E-state index contributed by atoms with van der Waals surface area (Å²) < 4.78 is 5.39. The number of ether oxygens (including phenoxy) is 1. The number of rotatable bonds is 5. The number of hydrogen-bond acceptors (Lipinski definition) is 3. The van der Waals surface area contributed by atoms with Gasteiger partial charge in [0.05, 0.1) is 6.10 Å². The van der Waals surface area contributed by atoms with Gasteiger partial charge in [-0.3, -0.25) is 4.79 Å². The van der Waals surface area contributed by atoms with Crippen LogP contribution in [0.15, 0.2) is 18.2 Å². The maximum absolute atomic E-state index is 12.6. The van der Waals surface area contributed by atoms with Crippen LogP contribution in [0.2, 0.25) is 0 Å². The molecule has 116 valence electrons. The molecule has 1 aromatic carbocycles. The summed E-state index contributed by atoms with van der Waals surface area (Å²) in [6, 6.07) is 5.91. The number of amides is 1. The highest BCUT2D eigenvalue weighted by Crippen LogP contribution is 2.20. The van der Waals surface area contributed by atoms with Crippen LogP contribution in [-0.2, 0) is 4.74 Å². The van der Waals surface area contributed by atoms with Crippen LogP contribution in [0.4, 0.5) is 5.69 Å². The number of nitrogens with one attached hydrogen (secondary N) is 1. The molecule has 1 unspecified atom stereocenters. The van der Waals surface area contributed by atoms with Crippen LogP contribution in [0.25, 0.3) is 0 Å². The predicted octanol–water partition coefficient (Wildman–Crippen LogP) is 3.07. The molecule has 1 heterocycles. The largest absolute Gasteiger partial charge is 0.385 e. The second kappa shape index (κ2) is 7.46. The molecule has 4 heteroatoms. The number of nitrogens with zero attached hydrogens (tertiary/aromatic N) is 1. The van der Waals surface area contributed by atoms with E-state index in [1.807, 2.05) is 30.0 Å². The molecule has 1 aliphatic rings. The zero-order valence-corrected chi connectivity index (χ0v) is 13.3. The molecule has 1 atom stereocenters. The van der Waals surface area contributed by atoms with Crippen molar-refractivity contribution in [2.45, 2.75) is 39.2 Å². The van der Waals surface area contributed by atoms with Crippen LogP contribution < -0.4 is 5.32 Å². The number of aryl methyl sites for hydroxylation is 1. The Bertz CT molecular complexity index is 488. The van der Waals surface area contributed by atoms with E-state index < -0.39 is 0 Å². The molecule has 4 nitrogen and oxygen atoms in total. The molecule has 1 aliphatic heterocycles. The topological polar surface area (TPSA) is 41.6 Å². The summed E-state index contributed by atoms with van der Waals surface area (Å²) in [5.41, 5.74) is 3.00. The van der Waals surface area contributed by atoms with Gasteiger partial charge in [-0.1, -0.05) is 6.92 Å². The number of piperidine rings is 1. The van der Waals surface area contributed by atoms with E-state index >= 15 is 0 Å². The van der Waals surface area contributed by atoms with E-state index in [1.165, 1.54) is 0 Å². The van der Waals surface area contributed by atoms with Gasteiger partial charge >= 0.3 is 0 Å². The number of carbonyl (C=O) groups is 1. The summed E-state index contributed by atoms with van der Waals surface area (Å²) in [5, 5.41) is 3.38. The zero-order chi connectivity index (χ0) is 15.2. The Morgan fingerprint density at radius 2 is 2.29 bits per heavy atom. The van der Waals surface area contributed by atoms with Gasteiger partial charge in [0.25, 0.3) is 5.91 Å². The predicted molar refractivity (Wildman–Crippen MR) is 85.9 cm³/mol. The number of carbonyl (C=O) groups excluding carboxylic acids is 1. The van der Waals surface area contributed by atoms with Gasteiger partial charge in [-0.15, -0.1) is 0 Å². The minimum absolute atomic E-state index is 0.113. The molecule has 1 fully saturated rings. The normalized spacial score (nSPS) is 18.6. The molecule has 0 saturated carbocycles. The number of methoxy groups -OCH3 is 1. The third-order valence-electron chi connectivity index (χ3n) is 4.04. The second-order valence-corrected chi connectivity index (χ2v) is 5.71. The van der Waals surface area contributed by atoms with Crippen molar-refractivity contribution in [1.29, 1.82) is 0 Å². The van der Waals surface area contributed by atoms with Crippen molar-refractivity contribution in [3.05, 3.63) is 29.3 Å². The van der Waals surface area contributed by atoms with E-state index in [4.69, 9.17) is 4.74 Å². The first-order valence-electron chi connectivity index (χ1n) is 7.82. The van der Waals surface area contributed by atoms with Gasteiger partial charge in [0, 0.05) is 38.0 Å². The fraction of sp³-hybridized carbons (Fsp3) is 0.588. The summed E-state index contributed by atoms with van der Waals surface area (Å²) >= 11 is 0. The minimum atomic E-state index is 0.113. The Kier molecular flexibility index (Phi) is 5.62. The molecule has 0 aliphatic carbocycles. The summed E-state index contributed by atoms with van der Waals surface area (Å²) in [6.07, 6.45) is 3.32. The maximum Gasteiger partial charge on any atom is 0.253 e. The van der Waals surface area contributed by atoms with Crippen molar-refractivity contribution in [3.8, 4) is 0 Å². The minimum Gasteiger partial charge on any atom is -0.385 e. The molecule has 21 heavy (non-hydrogen) atoms. The van der Waals surface area contributed by atoms with Gasteiger partial charge in [0.2, 0.25) is 0 Å². The monoisotopic (exact) mass is 290 g/mol. The molecule has 0 radical (unpaired) electrons. The first-order valence-corrected chi connectivity index (χ1v) is 7.82. The van der Waals surface area contributed by atoms with Crippen molar-refractivity contribution in [1.82, 2.24) is 4.90 Å². The third-order valence-corrected chi connectivity index (χ3v) is 4.04. The standard InChI is InChI=1S/C17H26N2O2/c1-4-9-18-16-8-7-14(11-13(16)2)17(20)19-10-5-6-15(12-19)21-3/h7-8,11,15,18H,4-6,9-10,12H2,1-3H3. The van der Waals surface area contributed by atoms with Gasteiger partial charge < -0.3 is 15.0 Å². The Balaban J connectivity index is 2.07. The first-order chi connectivity index (χ1) is 10.2. The highest BCUT2D eigenvalue weighted by atomic mass is 16.5. The van der Waals surface area contributed by atoms with Gasteiger partial charge in [0.15, 0.2) is 0 Å². The molecule has 0 spiro atoms. The zero-order valence-electron chi connectivity index (χ0n) is 13.3. The summed E-state index contributed by atoms with van der Waals surface area (Å²) in [4.78, 5) is 14.5. The SMILES string of the molecule is CCCNc1ccc(C(=O)N2CCCC(OC)C2)cc1C. The van der Waals surface area contributed by atoms with Gasteiger partial charge in [-0.2, -0.15) is 0 Å². The van der Waals surface area contributed by atoms with Crippen molar-refractivity contribution in [2.75, 3.05) is 32.1 Å². The first kappa shape index (κ1) is 15.8. The lowest BCUT2D eigenvalue weighted by atomic mass is 10.0. The molecule has 2 rings (SSSR count). The average Bonchev–Trinajstić information content (AvgIpc) is 2.53. The maximum atomic E-state index is 12.6. The van der Waals surface area contributed by atoms with Crippen LogP contribution in [-0.4, -0.2) is 43.7 Å². The van der Waals surface area contributed by atoms with Crippen molar-refractivity contribution in [3.63, 3.8) is 0 Å². The number of anilines is 1. The average molecular weight is 290 g/mol. The lowest BCUT2D eigenvalue weighted by Gasteiger charge is -2.32. The molecule has 0 bridgehead atoms. The highest BCUT2D eigenvalue weighted by Gasteiger charge is 2.24. The molecule has 1 N–H and O–H groups in total. The lowest BCUT2D eigenvalue weighted by molar-refractivity contribution is 0.0269. The van der Waals surface area contributed by atoms with Gasteiger partial charge in [-0.05, 0) is 49.9 Å². The van der Waals surface area contributed by atoms with E-state index in [9.17, 15) is 4.79 Å². The Hall–Kier alpha value is -1.55. The van der Waals surface area contributed by atoms with E-state index in [0.29, 0.717) is 6.54 Å². The van der Waals surface area contributed by atoms with Gasteiger partial charge in [-0.25, -0.2) is 0 Å². The highest BCUT2D eigenvalue weighted by molar-refractivity contribution is 5.95. The molecule has 1 saturated heterocycles. The van der Waals surface area contributed by atoms with Crippen LogP contribution in [0.3, 0.4) is 0 Å². The van der Waals surface area contributed by atoms with Gasteiger partial charge in [0.1, 0.15) is 0 Å². The third kappa shape index (κ3) is 3.97. The van der Waals surface area contributed by atoms with Crippen LogP contribution in [0, 0.1) is 6.92 Å². The summed E-state index contributed by atoms with van der Waals surface area (Å²) in [6.45, 7) is 6.67. The van der Waals surface area contributed by atoms with Crippen LogP contribution in [0.1, 0.15) is 42.1 Å². The molecule has 1 amide bonds.